The van der Waals surface area contributed by atoms with Crippen LogP contribution in [0.25, 0.3) is 10.9 Å². The Labute approximate surface area is 129 Å². The molecule has 112 valence electrons. The van der Waals surface area contributed by atoms with E-state index in [1.165, 1.54) is 24.6 Å². The smallest absolute Gasteiger partial charge is 0.284 e. The van der Waals surface area contributed by atoms with Gasteiger partial charge in [-0.2, -0.15) is 0 Å². The highest BCUT2D eigenvalue weighted by molar-refractivity contribution is 5.99. The first kappa shape index (κ1) is 12.4. The number of hydrogen-bond acceptors (Lipinski definition) is 1. The summed E-state index contributed by atoms with van der Waals surface area (Å²) in [6.45, 7) is 2.11. The zero-order valence-corrected chi connectivity index (χ0v) is 12.7. The number of nitrogens with one attached hydrogen (secondary N) is 2. The van der Waals surface area contributed by atoms with Crippen molar-refractivity contribution in [3.63, 3.8) is 0 Å². The van der Waals surface area contributed by atoms with Gasteiger partial charge >= 0.3 is 0 Å². The van der Waals surface area contributed by atoms with E-state index in [2.05, 4.69) is 46.3 Å². The molecule has 2 heterocycles. The van der Waals surface area contributed by atoms with Crippen LogP contribution >= 0.6 is 0 Å². The summed E-state index contributed by atoms with van der Waals surface area (Å²) in [6.07, 6.45) is 3.75. The van der Waals surface area contributed by atoms with Crippen LogP contribution in [0.15, 0.2) is 30.3 Å². The summed E-state index contributed by atoms with van der Waals surface area (Å²) in [6, 6.07) is 10.8. The molecule has 3 aliphatic rings. The summed E-state index contributed by atoms with van der Waals surface area (Å²) < 4.78 is 2.15. The standard InChI is InChI=1S/C18H19N3O/c1-10(15-9-11-4-2-3-5-14(11)19-15)21-17-13-7-6-12(8-13)16(17)18(22)20-21/h2-5,9,12-13,16-17H,6-8H2,1H3,(H,20,22)/p+1/t12-,13-,16?,17?/m1/s1. The Morgan fingerprint density at radius 3 is 2.91 bits per heavy atom. The average Bonchev–Trinajstić information content (AvgIpc) is 3.27. The van der Waals surface area contributed by atoms with Gasteiger partial charge in [0.2, 0.25) is 5.71 Å². The summed E-state index contributed by atoms with van der Waals surface area (Å²) in [4.78, 5) is 15.9. The number of fused-ring (bicyclic) bond motifs is 6. The van der Waals surface area contributed by atoms with Crippen molar-refractivity contribution in [3.05, 3.63) is 36.0 Å². The minimum absolute atomic E-state index is 0.207. The van der Waals surface area contributed by atoms with Crippen molar-refractivity contribution in [2.24, 2.45) is 17.8 Å². The summed E-state index contributed by atoms with van der Waals surface area (Å²) in [5.74, 6) is 1.72. The van der Waals surface area contributed by atoms with E-state index in [1.807, 2.05) is 6.07 Å². The van der Waals surface area contributed by atoms with E-state index in [0.29, 0.717) is 17.9 Å². The van der Waals surface area contributed by atoms with Crippen LogP contribution in [-0.2, 0) is 4.79 Å². The molecule has 2 aliphatic carbocycles. The van der Waals surface area contributed by atoms with Crippen LogP contribution in [0, 0.1) is 17.8 Å². The fourth-order valence-corrected chi connectivity index (χ4v) is 4.98. The van der Waals surface area contributed by atoms with Crippen LogP contribution in [-0.4, -0.2) is 27.3 Å². The molecule has 4 heteroatoms. The molecule has 0 radical (unpaired) electrons. The molecule has 2 saturated carbocycles. The fourth-order valence-electron chi connectivity index (χ4n) is 4.98. The van der Waals surface area contributed by atoms with Gasteiger partial charge in [-0.3, -0.25) is 4.79 Å². The monoisotopic (exact) mass is 294 g/mol. The third kappa shape index (κ3) is 1.52. The first-order chi connectivity index (χ1) is 10.7. The SMILES string of the molecule is C/C(c1cc2ccccc2[nH]1)=[N+]1/NC(=O)C2C1[C@@H]1CC[C@@H]2C1. The lowest BCUT2D eigenvalue weighted by atomic mass is 9.85. The molecule has 1 amide bonds. The highest BCUT2D eigenvalue weighted by Crippen LogP contribution is 2.51. The van der Waals surface area contributed by atoms with Gasteiger partial charge < -0.3 is 4.98 Å². The number of hydrazine groups is 1. The largest absolute Gasteiger partial charge is 0.350 e. The minimum atomic E-state index is 0.207. The molecule has 2 aromatic rings. The van der Waals surface area contributed by atoms with Crippen molar-refractivity contribution in [1.29, 1.82) is 0 Å². The van der Waals surface area contributed by atoms with Crippen molar-refractivity contribution in [1.82, 2.24) is 10.4 Å². The van der Waals surface area contributed by atoms with Gasteiger partial charge in [-0.25, -0.2) is 0 Å². The molecule has 0 spiro atoms. The molecule has 4 nitrogen and oxygen atoms in total. The zero-order valence-electron chi connectivity index (χ0n) is 12.7. The number of carbonyl (C=O) groups is 1. The predicted molar refractivity (Wildman–Crippen MR) is 84.6 cm³/mol. The number of benzene rings is 1. The maximum Gasteiger partial charge on any atom is 0.284 e. The molecule has 2 unspecified atom stereocenters. The van der Waals surface area contributed by atoms with Gasteiger partial charge in [0.1, 0.15) is 11.6 Å². The Balaban J connectivity index is 1.62. The van der Waals surface area contributed by atoms with Gasteiger partial charge in [-0.15, -0.1) is 10.1 Å². The molecule has 4 atom stereocenters. The number of para-hydroxylation sites is 1. The highest BCUT2D eigenvalue weighted by atomic mass is 16.2. The Kier molecular flexibility index (Phi) is 2.38. The number of hydrazone groups is 1. The van der Waals surface area contributed by atoms with Crippen LogP contribution in [0.2, 0.25) is 0 Å². The number of carbonyl (C=O) groups excluding carboxylic acids is 1. The van der Waals surface area contributed by atoms with E-state index in [4.69, 9.17) is 0 Å². The second-order valence-corrected chi connectivity index (χ2v) is 7.05. The third-order valence-corrected chi connectivity index (χ3v) is 5.99. The van der Waals surface area contributed by atoms with E-state index in [9.17, 15) is 4.79 Å². The van der Waals surface area contributed by atoms with Gasteiger partial charge in [-0.05, 0) is 37.3 Å². The Morgan fingerprint density at radius 1 is 1.23 bits per heavy atom. The molecule has 1 saturated heterocycles. The van der Waals surface area contributed by atoms with Crippen LogP contribution in [0.5, 0.6) is 0 Å². The first-order valence-electron chi connectivity index (χ1n) is 8.24. The predicted octanol–water partition coefficient (Wildman–Crippen LogP) is 2.45. The maximum atomic E-state index is 12.4. The average molecular weight is 294 g/mol. The van der Waals surface area contributed by atoms with Crippen LogP contribution < -0.4 is 5.43 Å². The maximum absolute atomic E-state index is 12.4. The van der Waals surface area contributed by atoms with Crippen LogP contribution in [0.4, 0.5) is 0 Å². The number of H-pyrrole nitrogens is 1. The second kappa shape index (κ2) is 4.22. The number of aromatic amines is 1. The van der Waals surface area contributed by atoms with E-state index < -0.39 is 0 Å². The topological polar surface area (TPSA) is 47.9 Å². The van der Waals surface area contributed by atoms with Crippen LogP contribution in [0.1, 0.15) is 31.9 Å². The Hall–Kier alpha value is -2.10. The van der Waals surface area contributed by atoms with E-state index in [1.54, 1.807) is 0 Å². The van der Waals surface area contributed by atoms with E-state index >= 15 is 0 Å². The fraction of sp³-hybridized carbons (Fsp3) is 0.444. The lowest BCUT2D eigenvalue weighted by Gasteiger charge is -2.17. The summed E-state index contributed by atoms with van der Waals surface area (Å²) in [7, 11) is 0. The Bertz CT molecular complexity index is 786. The minimum Gasteiger partial charge on any atom is -0.350 e. The van der Waals surface area contributed by atoms with Crippen LogP contribution in [0.3, 0.4) is 0 Å². The van der Waals surface area contributed by atoms with Gasteiger partial charge in [0.15, 0.2) is 6.04 Å². The molecule has 1 aromatic carbocycles. The number of hydrogen-bond donors (Lipinski definition) is 2. The molecule has 2 bridgehead atoms. The molecule has 2 N–H and O–H groups in total. The van der Waals surface area contributed by atoms with E-state index in [0.717, 1.165) is 16.9 Å². The molecule has 22 heavy (non-hydrogen) atoms. The second-order valence-electron chi connectivity index (χ2n) is 7.05. The zero-order chi connectivity index (χ0) is 14.8. The van der Waals surface area contributed by atoms with Crippen molar-refractivity contribution in [3.8, 4) is 0 Å². The van der Waals surface area contributed by atoms with Crippen molar-refractivity contribution in [2.75, 3.05) is 0 Å². The summed E-state index contributed by atoms with van der Waals surface area (Å²) in [5.41, 5.74) is 6.51. The van der Waals surface area contributed by atoms with Crippen molar-refractivity contribution < 1.29 is 9.48 Å². The first-order valence-corrected chi connectivity index (χ1v) is 8.24. The Morgan fingerprint density at radius 2 is 2.05 bits per heavy atom. The quantitative estimate of drug-likeness (QED) is 0.780. The molecule has 5 rings (SSSR count). The molecule has 1 aliphatic heterocycles. The van der Waals surface area contributed by atoms with Crippen molar-refractivity contribution >= 4 is 22.5 Å². The lowest BCUT2D eigenvalue weighted by molar-refractivity contribution is -0.603. The highest BCUT2D eigenvalue weighted by Gasteiger charge is 2.62. The third-order valence-electron chi connectivity index (χ3n) is 5.99. The number of nitrogens with zero attached hydrogens (tertiary/aromatic N) is 1. The molecule has 1 aromatic heterocycles. The normalized spacial score (nSPS) is 35.0. The summed E-state index contributed by atoms with van der Waals surface area (Å²) >= 11 is 0. The van der Waals surface area contributed by atoms with Gasteiger partial charge in [0.25, 0.3) is 5.91 Å². The number of amides is 1. The van der Waals surface area contributed by atoms with Gasteiger partial charge in [-0.1, -0.05) is 18.2 Å². The van der Waals surface area contributed by atoms with Crippen molar-refractivity contribution in [2.45, 2.75) is 32.2 Å². The number of aromatic nitrogens is 1. The molecule has 3 fully saturated rings. The summed E-state index contributed by atoms with van der Waals surface area (Å²) in [5, 5.41) is 1.21. The molecular formula is C18H20N3O+. The van der Waals surface area contributed by atoms with Gasteiger partial charge in [0.05, 0.1) is 0 Å². The van der Waals surface area contributed by atoms with Gasteiger partial charge in [0, 0.05) is 23.7 Å². The molecular weight excluding hydrogens is 274 g/mol. The van der Waals surface area contributed by atoms with E-state index in [-0.39, 0.29) is 11.8 Å². The lowest BCUT2D eigenvalue weighted by Crippen LogP contribution is -2.37. The number of rotatable bonds is 1.